The number of imide groups is 1. The van der Waals surface area contributed by atoms with Crippen LogP contribution in [-0.4, -0.2) is 35.3 Å². The van der Waals surface area contributed by atoms with E-state index < -0.39 is 10.0 Å². The van der Waals surface area contributed by atoms with Gasteiger partial charge in [0.2, 0.25) is 0 Å². The molecule has 0 fully saturated rings. The van der Waals surface area contributed by atoms with Crippen molar-refractivity contribution in [3.63, 3.8) is 0 Å². The fourth-order valence-corrected chi connectivity index (χ4v) is 4.85. The summed E-state index contributed by atoms with van der Waals surface area (Å²) in [4.78, 5) is 37.5. The monoisotopic (exact) mass is 486 g/mol. The molecule has 0 atom stereocenters. The average molecular weight is 487 g/mol. The van der Waals surface area contributed by atoms with Crippen molar-refractivity contribution in [2.24, 2.45) is 0 Å². The highest BCUT2D eigenvalue weighted by Gasteiger charge is 2.34. The summed E-state index contributed by atoms with van der Waals surface area (Å²) in [6.45, 7) is 0.0360. The quantitative estimate of drug-likeness (QED) is 0.403. The number of carbonyl (C=O) groups is 2. The van der Waals surface area contributed by atoms with Crippen molar-refractivity contribution in [3.05, 3.63) is 112 Å². The number of fused-ring (bicyclic) bond motifs is 1. The van der Waals surface area contributed by atoms with Gasteiger partial charge in [-0.3, -0.25) is 24.0 Å². The maximum absolute atomic E-state index is 12.9. The van der Waals surface area contributed by atoms with Crippen LogP contribution in [0.1, 0.15) is 26.3 Å². The van der Waals surface area contributed by atoms with Crippen LogP contribution in [0.15, 0.2) is 94.6 Å². The zero-order valence-corrected chi connectivity index (χ0v) is 19.0. The first-order valence-corrected chi connectivity index (χ1v) is 12.0. The highest BCUT2D eigenvalue weighted by molar-refractivity contribution is 7.92. The Morgan fingerprint density at radius 3 is 2.11 bits per heavy atom. The molecule has 5 rings (SSSR count). The molecule has 0 aliphatic carbocycles. The normalized spacial score (nSPS) is 13.1. The van der Waals surface area contributed by atoms with Crippen LogP contribution in [0, 0.1) is 0 Å². The van der Waals surface area contributed by atoms with Crippen LogP contribution >= 0.6 is 0 Å². The molecule has 1 aliphatic rings. The van der Waals surface area contributed by atoms with E-state index in [9.17, 15) is 22.8 Å². The van der Waals surface area contributed by atoms with Crippen molar-refractivity contribution < 1.29 is 18.0 Å². The topological polar surface area (TPSA) is 129 Å². The summed E-state index contributed by atoms with van der Waals surface area (Å²) in [5, 5.41) is 6.30. The summed E-state index contributed by atoms with van der Waals surface area (Å²) in [7, 11) is -3.90. The molecule has 4 aromatic rings. The maximum atomic E-state index is 12.9. The number of aromatic nitrogens is 2. The van der Waals surface area contributed by atoms with E-state index in [1.807, 2.05) is 0 Å². The van der Waals surface area contributed by atoms with Gasteiger partial charge in [0.1, 0.15) is 0 Å². The van der Waals surface area contributed by atoms with Gasteiger partial charge >= 0.3 is 0 Å². The van der Waals surface area contributed by atoms with Crippen LogP contribution in [0.25, 0.3) is 11.3 Å². The lowest BCUT2D eigenvalue weighted by Gasteiger charge is -2.14. The summed E-state index contributed by atoms with van der Waals surface area (Å²) in [6, 6.07) is 22.1. The smallest absolute Gasteiger partial charge is 0.264 e. The minimum absolute atomic E-state index is 0.0242. The largest absolute Gasteiger partial charge is 0.280 e. The van der Waals surface area contributed by atoms with Crippen molar-refractivity contribution in [1.29, 1.82) is 0 Å². The van der Waals surface area contributed by atoms with Crippen LogP contribution < -0.4 is 10.3 Å². The molecule has 2 N–H and O–H groups in total. The summed E-state index contributed by atoms with van der Waals surface area (Å²) >= 11 is 0. The van der Waals surface area contributed by atoms with Gasteiger partial charge in [-0.15, -0.1) is 0 Å². The molecule has 1 aliphatic heterocycles. The number of benzene rings is 3. The van der Waals surface area contributed by atoms with E-state index in [2.05, 4.69) is 14.9 Å². The molecule has 0 saturated carbocycles. The minimum atomic E-state index is -3.90. The van der Waals surface area contributed by atoms with Gasteiger partial charge in [-0.05, 0) is 48.0 Å². The van der Waals surface area contributed by atoms with Gasteiger partial charge in [0.05, 0.1) is 28.3 Å². The van der Waals surface area contributed by atoms with Crippen molar-refractivity contribution in [2.75, 3.05) is 4.72 Å². The number of hydrogen-bond acceptors (Lipinski definition) is 6. The van der Waals surface area contributed by atoms with Crippen LogP contribution in [0.5, 0.6) is 0 Å². The Hall–Kier alpha value is -4.57. The van der Waals surface area contributed by atoms with E-state index >= 15 is 0 Å². The number of carbonyl (C=O) groups excluding carboxylic acids is 2. The second-order valence-electron chi connectivity index (χ2n) is 7.88. The summed E-state index contributed by atoms with van der Waals surface area (Å²) in [5.41, 5.74) is 2.44. The summed E-state index contributed by atoms with van der Waals surface area (Å²) in [6.07, 6.45) is 0. The lowest BCUT2D eigenvalue weighted by Crippen LogP contribution is -2.29. The van der Waals surface area contributed by atoms with Gasteiger partial charge in [0.15, 0.2) is 0 Å². The average Bonchev–Trinajstić information content (AvgIpc) is 3.10. The van der Waals surface area contributed by atoms with E-state index in [4.69, 9.17) is 0 Å². The Morgan fingerprint density at radius 2 is 1.49 bits per heavy atom. The first kappa shape index (κ1) is 22.2. The molecular formula is C25H18N4O5S. The van der Waals surface area contributed by atoms with E-state index in [0.29, 0.717) is 33.6 Å². The SMILES string of the molecule is O=C1c2ccccc2C(=O)N1Cc1ccc(S(=O)(=O)Nc2cccc(-c3ccc(=O)[nH]n3)c2)cc1. The molecule has 9 nitrogen and oxygen atoms in total. The van der Waals surface area contributed by atoms with E-state index in [-0.39, 0.29) is 28.8 Å². The maximum Gasteiger partial charge on any atom is 0.264 e. The Labute approximate surface area is 200 Å². The second-order valence-corrected chi connectivity index (χ2v) is 9.56. The Bertz CT molecular complexity index is 1570. The second kappa shape index (κ2) is 8.65. The zero-order valence-electron chi connectivity index (χ0n) is 18.1. The molecule has 0 bridgehead atoms. The third-order valence-electron chi connectivity index (χ3n) is 5.54. The molecule has 0 spiro atoms. The van der Waals surface area contributed by atoms with Crippen molar-refractivity contribution in [3.8, 4) is 11.3 Å². The number of nitrogens with one attached hydrogen (secondary N) is 2. The van der Waals surface area contributed by atoms with E-state index in [1.165, 1.54) is 18.2 Å². The molecule has 2 heterocycles. The fourth-order valence-electron chi connectivity index (χ4n) is 3.80. The number of H-pyrrole nitrogens is 1. The predicted octanol–water partition coefficient (Wildman–Crippen LogP) is 3.03. The van der Waals surface area contributed by atoms with Crippen molar-refractivity contribution >= 4 is 27.5 Å². The summed E-state index contributed by atoms with van der Waals surface area (Å²) in [5.74, 6) is -0.748. The minimum Gasteiger partial charge on any atom is -0.280 e. The number of rotatable bonds is 6. The standard InChI is InChI=1S/C25H18N4O5S/c30-23-13-12-22(26-27-23)17-4-3-5-18(14-17)28-35(33,34)19-10-8-16(9-11-19)15-29-24(31)20-6-1-2-7-21(20)25(29)32/h1-14,28H,15H2,(H,27,30). The van der Waals surface area contributed by atoms with Crippen LogP contribution in [0.4, 0.5) is 5.69 Å². The number of nitrogens with zero attached hydrogens (tertiary/aromatic N) is 2. The first-order valence-electron chi connectivity index (χ1n) is 10.5. The van der Waals surface area contributed by atoms with Gasteiger partial charge in [0, 0.05) is 17.3 Å². The third kappa shape index (κ3) is 4.34. The van der Waals surface area contributed by atoms with E-state index in [0.717, 1.165) is 4.90 Å². The predicted molar refractivity (Wildman–Crippen MR) is 128 cm³/mol. The number of sulfonamides is 1. The number of aromatic amines is 1. The molecule has 174 valence electrons. The highest BCUT2D eigenvalue weighted by Crippen LogP contribution is 2.25. The van der Waals surface area contributed by atoms with Crippen molar-refractivity contribution in [1.82, 2.24) is 15.1 Å². The van der Waals surface area contributed by atoms with Crippen LogP contribution in [-0.2, 0) is 16.6 Å². The van der Waals surface area contributed by atoms with E-state index in [1.54, 1.807) is 66.7 Å². The zero-order chi connectivity index (χ0) is 24.6. The van der Waals surface area contributed by atoms with Gasteiger partial charge in [-0.25, -0.2) is 13.5 Å². The molecule has 0 saturated heterocycles. The van der Waals surface area contributed by atoms with Gasteiger partial charge < -0.3 is 0 Å². The Kier molecular flexibility index (Phi) is 5.50. The van der Waals surface area contributed by atoms with Gasteiger partial charge in [-0.1, -0.05) is 36.4 Å². The fraction of sp³-hybridized carbons (Fsp3) is 0.0400. The number of anilines is 1. The molecule has 10 heteroatoms. The first-order chi connectivity index (χ1) is 16.8. The molecule has 0 radical (unpaired) electrons. The van der Waals surface area contributed by atoms with Gasteiger partial charge in [-0.2, -0.15) is 5.10 Å². The van der Waals surface area contributed by atoms with Crippen LogP contribution in [0.3, 0.4) is 0 Å². The Balaban J connectivity index is 1.32. The molecule has 1 aromatic heterocycles. The third-order valence-corrected chi connectivity index (χ3v) is 6.94. The molecule has 3 aromatic carbocycles. The molecule has 35 heavy (non-hydrogen) atoms. The molecule has 0 unspecified atom stereocenters. The van der Waals surface area contributed by atoms with Crippen molar-refractivity contribution in [2.45, 2.75) is 11.4 Å². The molecular weight excluding hydrogens is 468 g/mol. The van der Waals surface area contributed by atoms with Gasteiger partial charge in [0.25, 0.3) is 27.4 Å². The van der Waals surface area contributed by atoms with Crippen LogP contribution in [0.2, 0.25) is 0 Å². The lowest BCUT2D eigenvalue weighted by molar-refractivity contribution is 0.0642. The number of hydrogen-bond donors (Lipinski definition) is 2. The molecule has 2 amide bonds. The Morgan fingerprint density at radius 1 is 0.800 bits per heavy atom. The number of amides is 2. The summed E-state index contributed by atoms with van der Waals surface area (Å²) < 4.78 is 28.3. The highest BCUT2D eigenvalue weighted by atomic mass is 32.2. The lowest BCUT2D eigenvalue weighted by atomic mass is 10.1.